The third-order valence-electron chi connectivity index (χ3n) is 6.55. The fraction of sp³-hybridized carbons (Fsp3) is 0.600. The first-order chi connectivity index (χ1) is 11.8. The highest BCUT2D eigenvalue weighted by molar-refractivity contribution is 5.89. The number of aromatic nitrogens is 2. The van der Waals surface area contributed by atoms with Crippen molar-refractivity contribution < 1.29 is 0 Å². The van der Waals surface area contributed by atoms with Gasteiger partial charge in [0.05, 0.1) is 5.52 Å². The second kappa shape index (κ2) is 5.69. The highest BCUT2D eigenvalue weighted by atomic mass is 15.3. The van der Waals surface area contributed by atoms with Gasteiger partial charge in [0, 0.05) is 37.6 Å². The molecule has 1 aromatic carbocycles. The molecule has 24 heavy (non-hydrogen) atoms. The second-order valence-corrected chi connectivity index (χ2v) is 7.98. The maximum absolute atomic E-state index is 4.63. The summed E-state index contributed by atoms with van der Waals surface area (Å²) in [5.41, 5.74) is 2.33. The topological polar surface area (TPSA) is 32.3 Å². The molecule has 0 amide bonds. The summed E-state index contributed by atoms with van der Waals surface area (Å²) < 4.78 is 0. The van der Waals surface area contributed by atoms with Crippen LogP contribution >= 0.6 is 0 Å². The van der Waals surface area contributed by atoms with Crippen molar-refractivity contribution in [3.8, 4) is 0 Å². The molecule has 1 aromatic heterocycles. The Kier molecular flexibility index (Phi) is 3.47. The van der Waals surface area contributed by atoms with Gasteiger partial charge in [0.25, 0.3) is 0 Å². The van der Waals surface area contributed by atoms with Crippen LogP contribution in [0, 0.1) is 18.8 Å². The predicted molar refractivity (Wildman–Crippen MR) is 97.3 cm³/mol. The van der Waals surface area contributed by atoms with Gasteiger partial charge in [-0.15, -0.1) is 0 Å². The molecule has 5 rings (SSSR count). The standard InChI is InChI=1S/C20H26N4/c1-14-2-5-18-17(10-14)20(22-13-21-18)24-8-6-23(7-9-24)19-12-15-3-4-16(19)11-15/h2,5,10,13,15-16,19H,3-4,6-9,11-12H2,1H3. The Morgan fingerprint density at radius 2 is 1.88 bits per heavy atom. The Morgan fingerprint density at radius 1 is 1.00 bits per heavy atom. The van der Waals surface area contributed by atoms with E-state index in [4.69, 9.17) is 0 Å². The summed E-state index contributed by atoms with van der Waals surface area (Å²) in [6, 6.07) is 7.34. The quantitative estimate of drug-likeness (QED) is 0.849. The highest BCUT2D eigenvalue weighted by Gasteiger charge is 2.42. The number of fused-ring (bicyclic) bond motifs is 3. The van der Waals surface area contributed by atoms with E-state index < -0.39 is 0 Å². The van der Waals surface area contributed by atoms with Crippen LogP contribution in [0.15, 0.2) is 24.5 Å². The molecule has 4 nitrogen and oxygen atoms in total. The number of rotatable bonds is 2. The Morgan fingerprint density at radius 3 is 2.62 bits per heavy atom. The monoisotopic (exact) mass is 322 g/mol. The molecule has 126 valence electrons. The van der Waals surface area contributed by atoms with E-state index in [9.17, 15) is 0 Å². The van der Waals surface area contributed by atoms with E-state index in [0.717, 1.165) is 42.3 Å². The van der Waals surface area contributed by atoms with Crippen molar-refractivity contribution in [1.29, 1.82) is 0 Å². The summed E-state index contributed by atoms with van der Waals surface area (Å²) in [6.45, 7) is 6.70. The molecule has 1 aliphatic heterocycles. The van der Waals surface area contributed by atoms with Crippen LogP contribution in [0.25, 0.3) is 10.9 Å². The number of aryl methyl sites for hydroxylation is 1. The van der Waals surface area contributed by atoms with Crippen molar-refractivity contribution in [1.82, 2.24) is 14.9 Å². The van der Waals surface area contributed by atoms with Crippen LogP contribution < -0.4 is 4.90 Å². The van der Waals surface area contributed by atoms with Crippen LogP contribution in [-0.4, -0.2) is 47.1 Å². The molecule has 2 heterocycles. The van der Waals surface area contributed by atoms with E-state index in [2.05, 4.69) is 44.9 Å². The number of hydrogen-bond donors (Lipinski definition) is 0. The van der Waals surface area contributed by atoms with Crippen molar-refractivity contribution in [2.45, 2.75) is 38.6 Å². The largest absolute Gasteiger partial charge is 0.353 e. The van der Waals surface area contributed by atoms with Crippen LogP contribution in [0.4, 0.5) is 5.82 Å². The zero-order valence-electron chi connectivity index (χ0n) is 14.5. The van der Waals surface area contributed by atoms with Gasteiger partial charge in [-0.05, 0) is 50.2 Å². The fourth-order valence-corrected chi connectivity index (χ4v) is 5.33. The second-order valence-electron chi connectivity index (χ2n) is 7.98. The van der Waals surface area contributed by atoms with Crippen LogP contribution in [-0.2, 0) is 0 Å². The smallest absolute Gasteiger partial charge is 0.139 e. The maximum atomic E-state index is 4.63. The Balaban J connectivity index is 1.34. The summed E-state index contributed by atoms with van der Waals surface area (Å²) in [5.74, 6) is 3.15. The van der Waals surface area contributed by atoms with Crippen LogP contribution in [0.3, 0.4) is 0 Å². The highest BCUT2D eigenvalue weighted by Crippen LogP contribution is 2.46. The minimum Gasteiger partial charge on any atom is -0.353 e. The maximum Gasteiger partial charge on any atom is 0.139 e. The molecule has 1 saturated heterocycles. The Hall–Kier alpha value is -1.68. The Bertz CT molecular complexity index is 750. The molecule has 3 fully saturated rings. The van der Waals surface area contributed by atoms with E-state index in [1.165, 1.54) is 49.7 Å². The van der Waals surface area contributed by atoms with E-state index in [1.54, 1.807) is 6.33 Å². The number of hydrogen-bond acceptors (Lipinski definition) is 4. The van der Waals surface area contributed by atoms with Gasteiger partial charge in [-0.3, -0.25) is 4.90 Å². The molecule has 0 N–H and O–H groups in total. The average molecular weight is 322 g/mol. The van der Waals surface area contributed by atoms with Gasteiger partial charge in [0.2, 0.25) is 0 Å². The first kappa shape index (κ1) is 14.6. The van der Waals surface area contributed by atoms with Crippen LogP contribution in [0.5, 0.6) is 0 Å². The first-order valence-electron chi connectivity index (χ1n) is 9.48. The van der Waals surface area contributed by atoms with Gasteiger partial charge >= 0.3 is 0 Å². The lowest BCUT2D eigenvalue weighted by atomic mass is 9.93. The lowest BCUT2D eigenvalue weighted by Crippen LogP contribution is -2.52. The zero-order chi connectivity index (χ0) is 16.1. The zero-order valence-corrected chi connectivity index (χ0v) is 14.5. The van der Waals surface area contributed by atoms with Crippen molar-refractivity contribution in [3.63, 3.8) is 0 Å². The fourth-order valence-electron chi connectivity index (χ4n) is 5.33. The molecule has 2 saturated carbocycles. The van der Waals surface area contributed by atoms with Gasteiger partial charge in [-0.1, -0.05) is 18.1 Å². The minimum atomic E-state index is 0.871. The van der Waals surface area contributed by atoms with Crippen molar-refractivity contribution in [2.24, 2.45) is 11.8 Å². The summed E-state index contributed by atoms with van der Waals surface area (Å²) in [4.78, 5) is 14.3. The lowest BCUT2D eigenvalue weighted by Gasteiger charge is -2.41. The molecule has 2 aliphatic carbocycles. The molecular formula is C20H26N4. The molecule has 2 bridgehead atoms. The van der Waals surface area contributed by atoms with Crippen molar-refractivity contribution in [3.05, 3.63) is 30.1 Å². The minimum absolute atomic E-state index is 0.871. The third kappa shape index (κ3) is 2.39. The third-order valence-corrected chi connectivity index (χ3v) is 6.55. The predicted octanol–water partition coefficient (Wildman–Crippen LogP) is 3.25. The summed E-state index contributed by atoms with van der Waals surface area (Å²) in [7, 11) is 0. The molecule has 3 atom stereocenters. The Labute approximate surface area is 143 Å². The van der Waals surface area contributed by atoms with Gasteiger partial charge in [-0.2, -0.15) is 0 Å². The number of nitrogens with zero attached hydrogens (tertiary/aromatic N) is 4. The molecule has 0 radical (unpaired) electrons. The summed E-state index contributed by atoms with van der Waals surface area (Å²) >= 11 is 0. The number of benzene rings is 1. The van der Waals surface area contributed by atoms with Crippen molar-refractivity contribution >= 4 is 16.7 Å². The normalized spacial score (nSPS) is 30.4. The number of piperazine rings is 1. The summed E-state index contributed by atoms with van der Waals surface area (Å²) in [5, 5.41) is 1.20. The molecule has 2 aromatic rings. The number of anilines is 1. The van der Waals surface area contributed by atoms with Crippen molar-refractivity contribution in [2.75, 3.05) is 31.1 Å². The summed E-state index contributed by atoms with van der Waals surface area (Å²) in [6.07, 6.45) is 7.65. The van der Waals surface area contributed by atoms with E-state index in [1.807, 2.05) is 0 Å². The molecule has 3 unspecified atom stereocenters. The first-order valence-corrected chi connectivity index (χ1v) is 9.48. The molecule has 0 spiro atoms. The SMILES string of the molecule is Cc1ccc2ncnc(N3CCN(C4CC5CCC4C5)CC3)c2c1. The van der Waals surface area contributed by atoms with Crippen LogP contribution in [0.2, 0.25) is 0 Å². The van der Waals surface area contributed by atoms with E-state index in [-0.39, 0.29) is 0 Å². The van der Waals surface area contributed by atoms with Gasteiger partial charge in [-0.25, -0.2) is 9.97 Å². The van der Waals surface area contributed by atoms with Gasteiger partial charge in [0.1, 0.15) is 12.1 Å². The average Bonchev–Trinajstić information content (AvgIpc) is 3.25. The molecule has 4 heteroatoms. The molecular weight excluding hydrogens is 296 g/mol. The lowest BCUT2D eigenvalue weighted by molar-refractivity contribution is 0.135. The van der Waals surface area contributed by atoms with E-state index in [0.29, 0.717) is 0 Å². The van der Waals surface area contributed by atoms with Gasteiger partial charge < -0.3 is 4.90 Å². The van der Waals surface area contributed by atoms with E-state index >= 15 is 0 Å². The van der Waals surface area contributed by atoms with Crippen LogP contribution in [0.1, 0.15) is 31.2 Å². The molecule has 3 aliphatic rings. The van der Waals surface area contributed by atoms with Gasteiger partial charge in [0.15, 0.2) is 0 Å².